The number of sulfonamides is 1. The molecule has 4 aromatic carbocycles. The van der Waals surface area contributed by atoms with Gasteiger partial charge in [0.1, 0.15) is 17.0 Å². The molecule has 3 N–H and O–H groups in total. The quantitative estimate of drug-likeness (QED) is 0.256. The standard InChI is InChI=1S/C29H24N4O6S/c1-18-7-5-10-20(15-18)32-40(37,38)21-13-14-24(26(16-21)39-2)30-17-23-27(34)31-29(36)33(28(23)35)25-12-6-9-19-8-3-4-11-22(19)25/h3-17,32,35H,1-2H3,(H,31,34,36). The third kappa shape index (κ3) is 5.09. The molecular weight excluding hydrogens is 532 g/mol. The number of hydrogen-bond donors (Lipinski definition) is 3. The number of aryl methyl sites for hydroxylation is 1. The van der Waals surface area contributed by atoms with E-state index in [0.717, 1.165) is 21.7 Å². The van der Waals surface area contributed by atoms with Gasteiger partial charge in [-0.05, 0) is 48.2 Å². The molecule has 0 aliphatic heterocycles. The molecule has 40 heavy (non-hydrogen) atoms. The van der Waals surface area contributed by atoms with E-state index < -0.39 is 27.2 Å². The lowest BCUT2D eigenvalue weighted by Gasteiger charge is -2.12. The third-order valence-corrected chi connectivity index (χ3v) is 7.57. The maximum Gasteiger partial charge on any atom is 0.335 e. The molecule has 10 nitrogen and oxygen atoms in total. The molecule has 0 unspecified atom stereocenters. The number of ether oxygens (including phenoxy) is 1. The minimum atomic E-state index is -3.93. The van der Waals surface area contributed by atoms with Crippen LogP contribution in [0.1, 0.15) is 11.1 Å². The second-order valence-corrected chi connectivity index (χ2v) is 10.6. The molecule has 1 heterocycles. The predicted molar refractivity (Wildman–Crippen MR) is 154 cm³/mol. The molecular formula is C29H24N4O6S. The van der Waals surface area contributed by atoms with Crippen LogP contribution in [0.15, 0.2) is 104 Å². The largest absolute Gasteiger partial charge is 0.494 e. The van der Waals surface area contributed by atoms with Crippen LogP contribution in [-0.4, -0.2) is 36.4 Å². The first kappa shape index (κ1) is 26.4. The Morgan fingerprint density at radius 3 is 2.50 bits per heavy atom. The summed E-state index contributed by atoms with van der Waals surface area (Å²) >= 11 is 0. The van der Waals surface area contributed by atoms with Crippen molar-refractivity contribution in [2.24, 2.45) is 4.99 Å². The van der Waals surface area contributed by atoms with Crippen LogP contribution in [0.5, 0.6) is 11.6 Å². The van der Waals surface area contributed by atoms with E-state index >= 15 is 0 Å². The molecule has 0 fully saturated rings. The van der Waals surface area contributed by atoms with Crippen LogP contribution in [0.25, 0.3) is 16.5 Å². The highest BCUT2D eigenvalue weighted by molar-refractivity contribution is 7.92. The molecule has 0 bridgehead atoms. The number of anilines is 1. The van der Waals surface area contributed by atoms with Crippen LogP contribution in [-0.2, 0) is 10.0 Å². The van der Waals surface area contributed by atoms with Gasteiger partial charge < -0.3 is 9.84 Å². The van der Waals surface area contributed by atoms with Gasteiger partial charge in [0, 0.05) is 23.4 Å². The number of nitrogens with one attached hydrogen (secondary N) is 2. The number of hydrogen-bond acceptors (Lipinski definition) is 7. The van der Waals surface area contributed by atoms with Gasteiger partial charge in [-0.15, -0.1) is 0 Å². The number of aromatic hydroxyl groups is 1. The van der Waals surface area contributed by atoms with E-state index in [9.17, 15) is 23.1 Å². The van der Waals surface area contributed by atoms with Crippen LogP contribution in [0, 0.1) is 6.92 Å². The normalized spacial score (nSPS) is 11.7. The first-order valence-corrected chi connectivity index (χ1v) is 13.5. The van der Waals surface area contributed by atoms with Gasteiger partial charge in [-0.25, -0.2) is 17.8 Å². The van der Waals surface area contributed by atoms with E-state index in [1.807, 2.05) is 31.2 Å². The van der Waals surface area contributed by atoms with Gasteiger partial charge in [-0.2, -0.15) is 0 Å². The first-order valence-electron chi connectivity index (χ1n) is 12.1. The summed E-state index contributed by atoms with van der Waals surface area (Å²) in [5, 5.41) is 12.5. The number of methoxy groups -OCH3 is 1. The monoisotopic (exact) mass is 556 g/mol. The summed E-state index contributed by atoms with van der Waals surface area (Å²) in [7, 11) is -2.58. The number of benzene rings is 4. The van der Waals surface area contributed by atoms with E-state index in [0.29, 0.717) is 16.8 Å². The summed E-state index contributed by atoms with van der Waals surface area (Å²) in [6.07, 6.45) is 1.09. The van der Waals surface area contributed by atoms with Crippen molar-refractivity contribution in [3.05, 3.63) is 117 Å². The van der Waals surface area contributed by atoms with Crippen LogP contribution < -0.4 is 20.7 Å². The molecule has 202 valence electrons. The smallest absolute Gasteiger partial charge is 0.335 e. The number of aromatic amines is 1. The van der Waals surface area contributed by atoms with Crippen molar-refractivity contribution in [3.63, 3.8) is 0 Å². The van der Waals surface area contributed by atoms with Crippen molar-refractivity contribution in [2.45, 2.75) is 11.8 Å². The summed E-state index contributed by atoms with van der Waals surface area (Å²) in [4.78, 5) is 31.8. The van der Waals surface area contributed by atoms with Gasteiger partial charge in [0.2, 0.25) is 5.88 Å². The summed E-state index contributed by atoms with van der Waals surface area (Å²) in [6.45, 7) is 1.85. The zero-order valence-corrected chi connectivity index (χ0v) is 22.3. The Morgan fingerprint density at radius 2 is 1.73 bits per heavy atom. The van der Waals surface area contributed by atoms with E-state index in [1.165, 1.54) is 25.3 Å². The zero-order chi connectivity index (χ0) is 28.4. The van der Waals surface area contributed by atoms with Crippen molar-refractivity contribution < 1.29 is 18.3 Å². The van der Waals surface area contributed by atoms with Crippen LogP contribution in [0.2, 0.25) is 0 Å². The lowest BCUT2D eigenvalue weighted by Crippen LogP contribution is -2.31. The fourth-order valence-electron chi connectivity index (χ4n) is 4.27. The molecule has 0 aliphatic carbocycles. The van der Waals surface area contributed by atoms with Crippen LogP contribution in [0.4, 0.5) is 11.4 Å². The van der Waals surface area contributed by atoms with E-state index in [2.05, 4.69) is 14.7 Å². The average Bonchev–Trinajstić information content (AvgIpc) is 2.92. The van der Waals surface area contributed by atoms with Crippen molar-refractivity contribution in [3.8, 4) is 17.3 Å². The van der Waals surface area contributed by atoms with Crippen molar-refractivity contribution in [2.75, 3.05) is 11.8 Å². The minimum Gasteiger partial charge on any atom is -0.494 e. The van der Waals surface area contributed by atoms with Gasteiger partial charge in [0.25, 0.3) is 15.6 Å². The lowest BCUT2D eigenvalue weighted by molar-refractivity contribution is 0.415. The molecule has 0 amide bonds. The lowest BCUT2D eigenvalue weighted by atomic mass is 10.1. The third-order valence-electron chi connectivity index (χ3n) is 6.19. The maximum absolute atomic E-state index is 12.9. The summed E-state index contributed by atoms with van der Waals surface area (Å²) in [5.74, 6) is -0.490. The maximum atomic E-state index is 12.9. The van der Waals surface area contributed by atoms with Crippen molar-refractivity contribution >= 4 is 38.4 Å². The average molecular weight is 557 g/mol. The number of nitrogens with zero attached hydrogens (tertiary/aromatic N) is 2. The van der Waals surface area contributed by atoms with E-state index in [4.69, 9.17) is 4.74 Å². The Labute approximate surface area is 228 Å². The van der Waals surface area contributed by atoms with Gasteiger partial charge in [-0.3, -0.25) is 19.5 Å². The molecule has 0 saturated carbocycles. The number of aliphatic imine (C=N–C) groups is 1. The highest BCUT2D eigenvalue weighted by Crippen LogP contribution is 2.31. The molecule has 1 aromatic heterocycles. The number of rotatable bonds is 7. The van der Waals surface area contributed by atoms with Gasteiger partial charge in [-0.1, -0.05) is 48.5 Å². The SMILES string of the molecule is COc1cc(S(=O)(=O)Nc2cccc(C)c2)ccc1N=Cc1c(O)n(-c2cccc3ccccc23)c(=O)[nH]c1=O. The molecule has 5 aromatic rings. The van der Waals surface area contributed by atoms with E-state index in [-0.39, 0.29) is 21.9 Å². The predicted octanol–water partition coefficient (Wildman–Crippen LogP) is 4.25. The molecule has 0 aliphatic rings. The van der Waals surface area contributed by atoms with Crippen molar-refractivity contribution in [1.29, 1.82) is 0 Å². The highest BCUT2D eigenvalue weighted by atomic mass is 32.2. The topological polar surface area (TPSA) is 143 Å². The molecule has 0 saturated heterocycles. The molecule has 0 spiro atoms. The zero-order valence-electron chi connectivity index (χ0n) is 21.5. The second kappa shape index (κ2) is 10.5. The number of fused-ring (bicyclic) bond motifs is 1. The Hall–Kier alpha value is -5.16. The fraction of sp³-hybridized carbons (Fsp3) is 0.0690. The first-order chi connectivity index (χ1) is 19.2. The summed E-state index contributed by atoms with van der Waals surface area (Å²) in [5.41, 5.74) is -0.0528. The number of aromatic nitrogens is 2. The molecule has 5 rings (SSSR count). The Morgan fingerprint density at radius 1 is 0.975 bits per heavy atom. The molecule has 11 heteroatoms. The van der Waals surface area contributed by atoms with Crippen LogP contribution >= 0.6 is 0 Å². The summed E-state index contributed by atoms with van der Waals surface area (Å²) < 4.78 is 34.8. The Balaban J connectivity index is 1.53. The number of H-pyrrole nitrogens is 1. The van der Waals surface area contributed by atoms with Gasteiger partial charge >= 0.3 is 5.69 Å². The highest BCUT2D eigenvalue weighted by Gasteiger charge is 2.19. The fourth-order valence-corrected chi connectivity index (χ4v) is 5.33. The molecule has 0 atom stereocenters. The van der Waals surface area contributed by atoms with Gasteiger partial charge in [0.05, 0.1) is 17.7 Å². The summed E-state index contributed by atoms with van der Waals surface area (Å²) in [6, 6.07) is 23.5. The Kier molecular flexibility index (Phi) is 6.97. The minimum absolute atomic E-state index is 0.0602. The van der Waals surface area contributed by atoms with Crippen LogP contribution in [0.3, 0.4) is 0 Å². The van der Waals surface area contributed by atoms with Crippen molar-refractivity contribution in [1.82, 2.24) is 9.55 Å². The Bertz CT molecular complexity index is 2010. The molecule has 0 radical (unpaired) electrons. The second-order valence-electron chi connectivity index (χ2n) is 8.90. The van der Waals surface area contributed by atoms with Gasteiger partial charge in [0.15, 0.2) is 0 Å². The van der Waals surface area contributed by atoms with E-state index in [1.54, 1.807) is 42.5 Å².